The van der Waals surface area contributed by atoms with Crippen molar-refractivity contribution >= 4 is 29.1 Å². The minimum absolute atomic E-state index is 0.628. The molecule has 2 rings (SSSR count). The zero-order valence-electron chi connectivity index (χ0n) is 27.6. The Kier molecular flexibility index (Phi) is 20.8. The molecule has 2 fully saturated rings. The predicted octanol–water partition coefficient (Wildman–Crippen LogP) is -0.0794. The van der Waals surface area contributed by atoms with E-state index in [9.17, 15) is 50.8 Å². The standard InChI is InChI=1S/C32H57Cl2NO13/c1-2-3-4-5-6-7-8-9-10-11-12-13-14-15-18(38)21(35-31(45)30(33)34)23(40)29-26(43)25(42)28(20(17-37)46-29)48-32-27(44)24(41)22(39)19(16-36)47-32/h14-15,18-30,32,36-44H,2-13,16-17H2,1H3,(H,35,45)/b15-14+/t18-,19-,20-,21-,22+,23?,24+,25-,26-,27-,28-,29?,32+/m1/s1. The fourth-order valence-corrected chi connectivity index (χ4v) is 6.11. The van der Waals surface area contributed by atoms with Crippen molar-refractivity contribution < 1.29 is 65.0 Å². The van der Waals surface area contributed by atoms with E-state index in [1.165, 1.54) is 51.0 Å². The second-order valence-electron chi connectivity index (χ2n) is 12.7. The molecule has 2 unspecified atom stereocenters. The zero-order chi connectivity index (χ0) is 35.8. The molecule has 0 aromatic heterocycles. The zero-order valence-corrected chi connectivity index (χ0v) is 29.1. The number of unbranched alkanes of at least 4 members (excludes halogenated alkanes) is 11. The average molecular weight is 735 g/mol. The van der Waals surface area contributed by atoms with Gasteiger partial charge in [-0.05, 0) is 12.8 Å². The number of carbonyl (C=O) groups is 1. The molecule has 2 aliphatic rings. The van der Waals surface area contributed by atoms with Crippen LogP contribution < -0.4 is 5.32 Å². The van der Waals surface area contributed by atoms with Gasteiger partial charge in [-0.1, -0.05) is 106 Å². The van der Waals surface area contributed by atoms with E-state index in [0.717, 1.165) is 25.7 Å². The van der Waals surface area contributed by atoms with Gasteiger partial charge in [-0.15, -0.1) is 0 Å². The number of hydrogen-bond acceptors (Lipinski definition) is 13. The molecule has 13 atom stereocenters. The number of aliphatic hydroxyl groups is 9. The summed E-state index contributed by atoms with van der Waals surface area (Å²) in [6.07, 6.45) is -3.64. The predicted molar refractivity (Wildman–Crippen MR) is 176 cm³/mol. The minimum Gasteiger partial charge on any atom is -0.394 e. The lowest BCUT2D eigenvalue weighted by molar-refractivity contribution is -0.345. The molecule has 0 spiro atoms. The third-order valence-corrected chi connectivity index (χ3v) is 9.32. The molecule has 1 amide bonds. The lowest BCUT2D eigenvalue weighted by Crippen LogP contribution is -2.68. The van der Waals surface area contributed by atoms with Gasteiger partial charge in [-0.2, -0.15) is 0 Å². The summed E-state index contributed by atoms with van der Waals surface area (Å²) in [6, 6.07) is -1.53. The molecule has 2 aliphatic heterocycles. The van der Waals surface area contributed by atoms with Crippen molar-refractivity contribution in [3.8, 4) is 0 Å². The van der Waals surface area contributed by atoms with Gasteiger partial charge in [0, 0.05) is 0 Å². The van der Waals surface area contributed by atoms with E-state index in [-0.39, 0.29) is 0 Å². The number of hydrogen-bond donors (Lipinski definition) is 10. The monoisotopic (exact) mass is 733 g/mol. The Labute approximate surface area is 292 Å². The van der Waals surface area contributed by atoms with Crippen LogP contribution in [0, 0.1) is 0 Å². The molecular formula is C32H57Cl2NO13. The third-order valence-electron chi connectivity index (χ3n) is 8.93. The highest BCUT2D eigenvalue weighted by molar-refractivity contribution is 6.53. The first kappa shape index (κ1) is 43.5. The molecule has 10 N–H and O–H groups in total. The van der Waals surface area contributed by atoms with E-state index < -0.39 is 103 Å². The third kappa shape index (κ3) is 13.1. The van der Waals surface area contributed by atoms with Crippen LogP contribution >= 0.6 is 23.2 Å². The first-order valence-corrected chi connectivity index (χ1v) is 18.0. The van der Waals surface area contributed by atoms with Crippen molar-refractivity contribution in [2.75, 3.05) is 13.2 Å². The summed E-state index contributed by atoms with van der Waals surface area (Å²) in [5, 5.41) is 96.3. The summed E-state index contributed by atoms with van der Waals surface area (Å²) in [4.78, 5) is 10.8. The SMILES string of the molecule is CCCCCCCCCCCCC/C=C/[C@@H](O)[C@@H](NC(=O)C(Cl)Cl)C(O)C1O[C@H](CO)[C@@H](O[C@@H]2O[C@H](CO)[C@H](O)[C@H](O)[C@H]2O)[C@H](O)[C@H]1O. The highest BCUT2D eigenvalue weighted by Crippen LogP contribution is 2.31. The highest BCUT2D eigenvalue weighted by Gasteiger charge is 2.53. The summed E-state index contributed by atoms with van der Waals surface area (Å²) >= 11 is 11.4. The number of halogens is 2. The van der Waals surface area contributed by atoms with Crippen LogP contribution in [-0.2, 0) is 19.0 Å². The van der Waals surface area contributed by atoms with Crippen LogP contribution in [0.3, 0.4) is 0 Å². The smallest absolute Gasteiger partial charge is 0.253 e. The number of rotatable bonds is 22. The number of alkyl halides is 2. The largest absolute Gasteiger partial charge is 0.394 e. The maximum Gasteiger partial charge on any atom is 0.253 e. The van der Waals surface area contributed by atoms with E-state index in [0.29, 0.717) is 6.42 Å². The van der Waals surface area contributed by atoms with Gasteiger partial charge in [0.05, 0.1) is 25.4 Å². The molecule has 2 heterocycles. The van der Waals surface area contributed by atoms with E-state index in [1.807, 2.05) is 0 Å². The molecule has 282 valence electrons. The van der Waals surface area contributed by atoms with Gasteiger partial charge in [-0.3, -0.25) is 4.79 Å². The molecule has 0 aliphatic carbocycles. The first-order chi connectivity index (χ1) is 22.9. The van der Waals surface area contributed by atoms with E-state index >= 15 is 0 Å². The number of ether oxygens (including phenoxy) is 3. The summed E-state index contributed by atoms with van der Waals surface area (Å²) in [6.45, 7) is 0.625. The maximum absolute atomic E-state index is 12.4. The Morgan fingerprint density at radius 1 is 0.771 bits per heavy atom. The second-order valence-corrected chi connectivity index (χ2v) is 13.8. The van der Waals surface area contributed by atoms with Gasteiger partial charge in [0.1, 0.15) is 61.0 Å². The highest BCUT2D eigenvalue weighted by atomic mass is 35.5. The number of aliphatic hydroxyl groups excluding tert-OH is 9. The molecule has 0 radical (unpaired) electrons. The van der Waals surface area contributed by atoms with Gasteiger partial charge in [0.25, 0.3) is 5.91 Å². The van der Waals surface area contributed by atoms with Crippen LogP contribution in [0.15, 0.2) is 12.2 Å². The Morgan fingerprint density at radius 2 is 1.33 bits per heavy atom. The normalized spacial score (nSPS) is 33.2. The fourth-order valence-electron chi connectivity index (χ4n) is 5.99. The molecule has 2 saturated heterocycles. The van der Waals surface area contributed by atoms with Crippen LogP contribution in [0.1, 0.15) is 84.0 Å². The molecular weight excluding hydrogens is 677 g/mol. The Morgan fingerprint density at radius 3 is 1.88 bits per heavy atom. The molecule has 48 heavy (non-hydrogen) atoms. The van der Waals surface area contributed by atoms with Gasteiger partial charge < -0.3 is 65.5 Å². The van der Waals surface area contributed by atoms with E-state index in [1.54, 1.807) is 6.08 Å². The van der Waals surface area contributed by atoms with Crippen LogP contribution in [0.4, 0.5) is 0 Å². The maximum atomic E-state index is 12.4. The molecule has 0 saturated carbocycles. The van der Waals surface area contributed by atoms with Crippen molar-refractivity contribution in [1.29, 1.82) is 0 Å². The molecule has 0 aromatic rings. The number of allylic oxidation sites excluding steroid dienone is 1. The Hall–Kier alpha value is -0.690. The molecule has 14 nitrogen and oxygen atoms in total. The first-order valence-electron chi connectivity index (χ1n) is 17.1. The van der Waals surface area contributed by atoms with Gasteiger partial charge in [0.15, 0.2) is 11.1 Å². The van der Waals surface area contributed by atoms with Crippen molar-refractivity contribution in [3.63, 3.8) is 0 Å². The van der Waals surface area contributed by atoms with Gasteiger partial charge in [-0.25, -0.2) is 0 Å². The van der Waals surface area contributed by atoms with Crippen LogP contribution in [0.25, 0.3) is 0 Å². The van der Waals surface area contributed by atoms with Crippen molar-refractivity contribution in [3.05, 3.63) is 12.2 Å². The summed E-state index contributed by atoms with van der Waals surface area (Å²) in [7, 11) is 0. The quantitative estimate of drug-likeness (QED) is 0.0399. The van der Waals surface area contributed by atoms with E-state index in [4.69, 9.17) is 37.4 Å². The minimum atomic E-state index is -1.94. The molecule has 0 bridgehead atoms. The Bertz CT molecular complexity index is 917. The summed E-state index contributed by atoms with van der Waals surface area (Å²) in [5.41, 5.74) is 0. The van der Waals surface area contributed by atoms with Crippen LogP contribution in [0.5, 0.6) is 0 Å². The molecule has 0 aromatic carbocycles. The number of carbonyl (C=O) groups excluding carboxylic acids is 1. The number of nitrogens with one attached hydrogen (secondary N) is 1. The van der Waals surface area contributed by atoms with Crippen molar-refractivity contribution in [1.82, 2.24) is 5.32 Å². The Balaban J connectivity index is 2.00. The lowest BCUT2D eigenvalue weighted by Gasteiger charge is -2.47. The van der Waals surface area contributed by atoms with Crippen molar-refractivity contribution in [2.24, 2.45) is 0 Å². The summed E-state index contributed by atoms with van der Waals surface area (Å²) in [5.74, 6) is -0.950. The fraction of sp³-hybridized carbons (Fsp3) is 0.906. The lowest BCUT2D eigenvalue weighted by atomic mass is 9.88. The number of amides is 1. The molecule has 16 heteroatoms. The summed E-state index contributed by atoms with van der Waals surface area (Å²) < 4.78 is 16.5. The topological polar surface area (TPSA) is 239 Å². The average Bonchev–Trinajstić information content (AvgIpc) is 3.07. The van der Waals surface area contributed by atoms with Crippen LogP contribution in [-0.4, -0.2) is 149 Å². The second kappa shape index (κ2) is 23.0. The van der Waals surface area contributed by atoms with Gasteiger partial charge >= 0.3 is 0 Å². The van der Waals surface area contributed by atoms with Crippen molar-refractivity contribution in [2.45, 2.75) is 168 Å². The van der Waals surface area contributed by atoms with E-state index in [2.05, 4.69) is 12.2 Å². The van der Waals surface area contributed by atoms with Gasteiger partial charge in [0.2, 0.25) is 0 Å². The van der Waals surface area contributed by atoms with Crippen LogP contribution in [0.2, 0.25) is 0 Å².